The molecule has 0 heterocycles. The van der Waals surface area contributed by atoms with Gasteiger partial charge in [0, 0.05) is 25.9 Å². The number of primary amides is 3. The fourth-order valence-corrected chi connectivity index (χ4v) is 11.3. The number of carbonyl (C=O) groups is 16. The number of benzene rings is 2. The summed E-state index contributed by atoms with van der Waals surface area (Å²) in [5.41, 5.74) is 57.3. The number of rotatable bonds is 56. The van der Waals surface area contributed by atoms with Crippen LogP contribution >= 0.6 is 0 Å². The molecule has 33 N–H and O–H groups in total. The lowest BCUT2D eigenvalue weighted by atomic mass is 9.96. The molecule has 41 heteroatoms. The van der Waals surface area contributed by atoms with E-state index in [1.165, 1.54) is 13.8 Å². The predicted molar refractivity (Wildman–Crippen MR) is 423 cm³/mol. The van der Waals surface area contributed by atoms with Gasteiger partial charge in [-0.25, -0.2) is 0 Å². The van der Waals surface area contributed by atoms with Crippen molar-refractivity contribution in [2.45, 2.75) is 223 Å². The highest BCUT2D eigenvalue weighted by atomic mass is 16.2. The second-order valence-corrected chi connectivity index (χ2v) is 28.0. The second kappa shape index (κ2) is 53.3. The van der Waals surface area contributed by atoms with E-state index in [0.717, 1.165) is 0 Å². The Morgan fingerprint density at radius 1 is 0.368 bits per heavy atom. The first-order chi connectivity index (χ1) is 53.9. The highest BCUT2D eigenvalue weighted by Crippen LogP contribution is 2.15. The minimum Gasteiger partial charge on any atom is -0.370 e. The molecular formula is C73H121N25O16. The van der Waals surface area contributed by atoms with Crippen LogP contribution in [0.1, 0.15) is 149 Å². The zero-order valence-electron chi connectivity index (χ0n) is 65.8. The largest absolute Gasteiger partial charge is 0.370 e. The number of hydrogen-bond acceptors (Lipinski definition) is 21. The van der Waals surface area contributed by atoms with Crippen molar-refractivity contribution in [2.24, 2.45) is 79.2 Å². The van der Waals surface area contributed by atoms with Crippen LogP contribution in [0, 0.1) is 11.8 Å². The highest BCUT2D eigenvalue weighted by Gasteiger charge is 2.38. The topological polar surface area (TPSA) is 714 Å². The number of nitrogens with zero attached hydrogens (tertiary/aromatic N) is 2. The van der Waals surface area contributed by atoms with E-state index >= 15 is 0 Å². The lowest BCUT2D eigenvalue weighted by molar-refractivity contribution is -0.136. The fourth-order valence-electron chi connectivity index (χ4n) is 11.3. The van der Waals surface area contributed by atoms with E-state index in [1.807, 2.05) is 0 Å². The van der Waals surface area contributed by atoms with Crippen molar-refractivity contribution in [3.05, 3.63) is 71.8 Å². The molecule has 0 aliphatic rings. The SMILES string of the molecule is CC[C@H](C)[C@H](NC(=O)[C@H](CCCCN)NC(=O)[C@H](CCC(N)=O)NC(=O)CNC(=O)[C@H](C)NC(=O)[C@H](CCCCN)NC(=O)[C@H](CC(C)C)NC(=O)[C@H](CCCN=C(N)N)NC(=O)[C@H](Cc1ccccc1)NC(=O)[C@H](CC(N)=O)NC(=O)[C@@H](N)Cc1ccccc1)C(=O)N[C@@H](CCCN=C(N)N)C(=O)N[C@@H](C)C(=O)NCC(N)=O. The highest BCUT2D eigenvalue weighted by molar-refractivity contribution is 6.00. The van der Waals surface area contributed by atoms with Gasteiger partial charge in [0.15, 0.2) is 11.9 Å². The second-order valence-electron chi connectivity index (χ2n) is 28.0. The van der Waals surface area contributed by atoms with Crippen molar-refractivity contribution in [1.82, 2.24) is 69.1 Å². The maximum absolute atomic E-state index is 14.6. The van der Waals surface area contributed by atoms with E-state index in [1.54, 1.807) is 88.4 Å². The van der Waals surface area contributed by atoms with E-state index in [2.05, 4.69) is 79.1 Å². The summed E-state index contributed by atoms with van der Waals surface area (Å²) in [6.45, 7) is 8.52. The first kappa shape index (κ1) is 98.5. The third-order valence-corrected chi connectivity index (χ3v) is 17.7. The van der Waals surface area contributed by atoms with Crippen molar-refractivity contribution in [3.63, 3.8) is 0 Å². The van der Waals surface area contributed by atoms with Gasteiger partial charge in [-0.1, -0.05) is 94.8 Å². The summed E-state index contributed by atoms with van der Waals surface area (Å²) in [7, 11) is 0. The van der Waals surface area contributed by atoms with Crippen LogP contribution in [0.25, 0.3) is 0 Å². The normalized spacial score (nSPS) is 14.4. The quantitative estimate of drug-likeness (QED) is 0.0166. The number of carbonyl (C=O) groups excluding carboxylic acids is 16. The van der Waals surface area contributed by atoms with E-state index in [-0.39, 0.29) is 115 Å². The Bertz CT molecular complexity index is 3570. The molecule has 0 aromatic heterocycles. The van der Waals surface area contributed by atoms with Gasteiger partial charge < -0.3 is 126 Å². The molecule has 0 aliphatic heterocycles. The van der Waals surface area contributed by atoms with E-state index in [9.17, 15) is 76.7 Å². The van der Waals surface area contributed by atoms with Crippen molar-refractivity contribution in [3.8, 4) is 0 Å². The number of amides is 16. The van der Waals surface area contributed by atoms with Gasteiger partial charge in [-0.2, -0.15) is 0 Å². The van der Waals surface area contributed by atoms with Crippen LogP contribution in [0.2, 0.25) is 0 Å². The number of nitrogens with two attached hydrogens (primary N) is 10. The molecule has 634 valence electrons. The van der Waals surface area contributed by atoms with E-state index in [4.69, 9.17) is 57.3 Å². The third kappa shape index (κ3) is 40.0. The zero-order valence-corrected chi connectivity index (χ0v) is 65.8. The lowest BCUT2D eigenvalue weighted by Crippen LogP contribution is -2.60. The Balaban J connectivity index is 2.41. The van der Waals surface area contributed by atoms with Crippen molar-refractivity contribution in [2.75, 3.05) is 39.3 Å². The van der Waals surface area contributed by atoms with Gasteiger partial charge in [0.1, 0.15) is 66.5 Å². The zero-order chi connectivity index (χ0) is 85.6. The molecule has 2 rings (SSSR count). The molecule has 0 aliphatic carbocycles. The summed E-state index contributed by atoms with van der Waals surface area (Å²) in [5.74, 6) is -15.6. The Morgan fingerprint density at radius 2 is 0.746 bits per heavy atom. The van der Waals surface area contributed by atoms with E-state index in [0.29, 0.717) is 30.4 Å². The maximum Gasteiger partial charge on any atom is 0.243 e. The minimum atomic E-state index is -1.61. The standard InChI is InChI=1S/C73H121N25O16/c1-7-41(4)59(71(114)94-49(26-18-32-84-72(80)81)64(107)88-42(5)60(103)86-38-57(79)101)98-67(110)48(25-15-17-31-75)91-66(109)51(28-29-55(77)99)90-58(102)39-87-61(104)43(6)89-63(106)47(24-14-16-30-74)92-68(111)52(34-40(2)3)96-65(108)50(27-19-33-85-73(82)83)93-69(112)53(36-45-22-12-9-13-23-45)97-70(113)54(37-56(78)100)95-62(105)46(76)35-44-20-10-8-11-21-44/h8-13,20-23,40-43,46-54,59H,7,14-19,24-39,74-76H2,1-6H3,(H2,77,99)(H2,78,100)(H2,79,101)(H,86,103)(H,87,104)(H,88,107)(H,89,106)(H,90,102)(H,91,109)(H,92,111)(H,93,112)(H,94,114)(H,95,105)(H,96,108)(H,97,113)(H,98,110)(H4,80,81,84)(H4,82,83,85)/t41-,42-,43-,46-,47-,48-,49-,50-,51-,52-,53-,54-,59-/m0/s1. The molecule has 0 fully saturated rings. The van der Waals surface area contributed by atoms with Crippen LogP contribution in [0.5, 0.6) is 0 Å². The summed E-state index contributed by atoms with van der Waals surface area (Å²) < 4.78 is 0. The average molecular weight is 1600 g/mol. The molecule has 0 radical (unpaired) electrons. The Morgan fingerprint density at radius 3 is 1.18 bits per heavy atom. The molecule has 0 saturated carbocycles. The molecule has 0 bridgehead atoms. The summed E-state index contributed by atoms with van der Waals surface area (Å²) in [5, 5.41) is 33.1. The molecule has 13 atom stereocenters. The van der Waals surface area contributed by atoms with Crippen LogP contribution < -0.4 is 126 Å². The molecular weight excluding hydrogens is 1480 g/mol. The number of nitrogens with one attached hydrogen (secondary N) is 13. The lowest BCUT2D eigenvalue weighted by Gasteiger charge is -2.29. The molecule has 114 heavy (non-hydrogen) atoms. The fraction of sp³-hybridized carbons (Fsp3) is 0.589. The van der Waals surface area contributed by atoms with Gasteiger partial charge in [0.05, 0.1) is 25.6 Å². The Kier molecular flexibility index (Phi) is 46.1. The molecule has 2 aromatic carbocycles. The minimum absolute atomic E-state index is 0.0190. The van der Waals surface area contributed by atoms with Crippen LogP contribution in [-0.2, 0) is 89.6 Å². The summed E-state index contributed by atoms with van der Waals surface area (Å²) in [6, 6.07) is 0.393. The summed E-state index contributed by atoms with van der Waals surface area (Å²) in [4.78, 5) is 226. The molecule has 41 nitrogen and oxygen atoms in total. The Hall–Kier alpha value is -11.6. The van der Waals surface area contributed by atoms with Gasteiger partial charge in [-0.3, -0.25) is 86.7 Å². The van der Waals surface area contributed by atoms with Gasteiger partial charge in [-0.15, -0.1) is 0 Å². The van der Waals surface area contributed by atoms with Crippen LogP contribution in [0.3, 0.4) is 0 Å². The van der Waals surface area contributed by atoms with Gasteiger partial charge in [0.2, 0.25) is 94.5 Å². The van der Waals surface area contributed by atoms with Crippen LogP contribution in [0.15, 0.2) is 70.6 Å². The molecule has 0 unspecified atom stereocenters. The van der Waals surface area contributed by atoms with Gasteiger partial charge >= 0.3 is 0 Å². The first-order valence-corrected chi connectivity index (χ1v) is 38.0. The number of hydrogen-bond donors (Lipinski definition) is 23. The maximum atomic E-state index is 14.6. The van der Waals surface area contributed by atoms with E-state index < -0.39 is 205 Å². The number of unbranched alkanes of at least 4 members (excludes halogenated alkanes) is 2. The smallest absolute Gasteiger partial charge is 0.243 e. The Labute approximate surface area is 663 Å². The molecule has 16 amide bonds. The number of aliphatic imine (C=N–C) groups is 2. The average Bonchev–Trinajstić information content (AvgIpc) is 0.854. The van der Waals surface area contributed by atoms with Gasteiger partial charge in [-0.05, 0) is 133 Å². The van der Waals surface area contributed by atoms with Crippen molar-refractivity contribution < 1.29 is 76.7 Å². The predicted octanol–water partition coefficient (Wildman–Crippen LogP) is -7.51. The van der Waals surface area contributed by atoms with Crippen LogP contribution in [0.4, 0.5) is 0 Å². The monoisotopic (exact) mass is 1600 g/mol. The summed E-state index contributed by atoms with van der Waals surface area (Å²) in [6.07, 6.45) is -0.183. The first-order valence-electron chi connectivity index (χ1n) is 38.0. The number of guanidine groups is 2. The van der Waals surface area contributed by atoms with Crippen molar-refractivity contribution in [1.29, 1.82) is 0 Å². The third-order valence-electron chi connectivity index (χ3n) is 17.7. The van der Waals surface area contributed by atoms with Crippen LogP contribution in [-0.4, -0.2) is 218 Å². The van der Waals surface area contributed by atoms with Gasteiger partial charge in [0.25, 0.3) is 0 Å². The molecule has 0 saturated heterocycles. The molecule has 0 spiro atoms. The molecule has 2 aromatic rings. The summed E-state index contributed by atoms with van der Waals surface area (Å²) >= 11 is 0. The van der Waals surface area contributed by atoms with Crippen molar-refractivity contribution >= 4 is 106 Å².